The van der Waals surface area contributed by atoms with E-state index in [1.165, 1.54) is 0 Å². The summed E-state index contributed by atoms with van der Waals surface area (Å²) in [5, 5.41) is 12.1. The van der Waals surface area contributed by atoms with Gasteiger partial charge < -0.3 is 10.1 Å². The van der Waals surface area contributed by atoms with E-state index in [2.05, 4.69) is 15.3 Å². The van der Waals surface area contributed by atoms with Gasteiger partial charge >= 0.3 is 0 Å². The van der Waals surface area contributed by atoms with E-state index in [0.29, 0.717) is 17.3 Å². The molecule has 0 aliphatic heterocycles. The predicted molar refractivity (Wildman–Crippen MR) is 77.2 cm³/mol. The Morgan fingerprint density at radius 1 is 1.10 bits per heavy atom. The van der Waals surface area contributed by atoms with Crippen LogP contribution in [0.5, 0.6) is 5.75 Å². The van der Waals surface area contributed by atoms with Crippen molar-refractivity contribution in [3.8, 4) is 11.8 Å². The first-order valence-electron chi connectivity index (χ1n) is 6.21. The van der Waals surface area contributed by atoms with Crippen molar-refractivity contribution in [1.29, 1.82) is 5.26 Å². The van der Waals surface area contributed by atoms with Crippen LogP contribution >= 0.6 is 0 Å². The minimum absolute atomic E-state index is 0.336. The van der Waals surface area contributed by atoms with Crippen molar-refractivity contribution in [2.75, 3.05) is 12.4 Å². The average molecular weight is 268 g/mol. The molecule has 2 rings (SSSR count). The Kier molecular flexibility index (Phi) is 3.85. The standard InChI is InChI=1S/C15H16N4O/c1-9-5-13(14(20-4)6-10(9)2)19-15-7-12(8-16)17-11(3)18-15/h5-7H,1-4H3,(H,17,18,19). The van der Waals surface area contributed by atoms with Crippen molar-refractivity contribution in [2.45, 2.75) is 20.8 Å². The molecule has 0 atom stereocenters. The molecule has 0 aliphatic carbocycles. The molecule has 0 aliphatic rings. The van der Waals surface area contributed by atoms with Gasteiger partial charge in [-0.15, -0.1) is 0 Å². The molecule has 0 saturated carbocycles. The van der Waals surface area contributed by atoms with Crippen molar-refractivity contribution < 1.29 is 4.74 Å². The van der Waals surface area contributed by atoms with Gasteiger partial charge in [-0.2, -0.15) is 5.26 Å². The third kappa shape index (κ3) is 2.86. The highest BCUT2D eigenvalue weighted by Crippen LogP contribution is 2.30. The summed E-state index contributed by atoms with van der Waals surface area (Å²) in [6.07, 6.45) is 0. The number of ether oxygens (including phenoxy) is 1. The number of hydrogen-bond acceptors (Lipinski definition) is 5. The van der Waals surface area contributed by atoms with Gasteiger partial charge in [0, 0.05) is 6.07 Å². The highest BCUT2D eigenvalue weighted by Gasteiger charge is 2.08. The van der Waals surface area contributed by atoms with Crippen LogP contribution in [0.25, 0.3) is 0 Å². The summed E-state index contributed by atoms with van der Waals surface area (Å²) in [7, 11) is 1.63. The Bertz CT molecular complexity index is 689. The van der Waals surface area contributed by atoms with E-state index in [1.807, 2.05) is 32.0 Å². The molecule has 1 aromatic carbocycles. The fourth-order valence-electron chi connectivity index (χ4n) is 1.88. The molecule has 0 bridgehead atoms. The van der Waals surface area contributed by atoms with Crippen LogP contribution in [0.4, 0.5) is 11.5 Å². The maximum Gasteiger partial charge on any atom is 0.146 e. The zero-order valence-electron chi connectivity index (χ0n) is 12.0. The first-order valence-corrected chi connectivity index (χ1v) is 6.21. The molecule has 1 aromatic heterocycles. The Labute approximate surface area is 118 Å². The molecule has 0 saturated heterocycles. The SMILES string of the molecule is COc1cc(C)c(C)cc1Nc1cc(C#N)nc(C)n1. The molecule has 0 unspecified atom stereocenters. The van der Waals surface area contributed by atoms with Crippen molar-refractivity contribution in [3.63, 3.8) is 0 Å². The maximum atomic E-state index is 8.94. The fraction of sp³-hybridized carbons (Fsp3) is 0.267. The van der Waals surface area contributed by atoms with Gasteiger partial charge in [-0.05, 0) is 44.0 Å². The molecule has 102 valence electrons. The summed E-state index contributed by atoms with van der Waals surface area (Å²) < 4.78 is 5.37. The van der Waals surface area contributed by atoms with Crippen LogP contribution in [-0.2, 0) is 0 Å². The van der Waals surface area contributed by atoms with Gasteiger partial charge in [0.1, 0.15) is 29.2 Å². The van der Waals surface area contributed by atoms with E-state index < -0.39 is 0 Å². The number of methoxy groups -OCH3 is 1. The van der Waals surface area contributed by atoms with Crippen molar-refractivity contribution in [1.82, 2.24) is 9.97 Å². The number of aryl methyl sites for hydroxylation is 3. The van der Waals surface area contributed by atoms with Crippen LogP contribution in [0.15, 0.2) is 18.2 Å². The summed E-state index contributed by atoms with van der Waals surface area (Å²) in [6, 6.07) is 7.60. The quantitative estimate of drug-likeness (QED) is 0.926. The highest BCUT2D eigenvalue weighted by molar-refractivity contribution is 5.66. The number of anilines is 2. The van der Waals surface area contributed by atoms with E-state index in [4.69, 9.17) is 10.00 Å². The zero-order chi connectivity index (χ0) is 14.7. The van der Waals surface area contributed by atoms with Crippen molar-refractivity contribution in [2.24, 2.45) is 0 Å². The van der Waals surface area contributed by atoms with E-state index in [-0.39, 0.29) is 0 Å². The van der Waals surface area contributed by atoms with Crippen molar-refractivity contribution >= 4 is 11.5 Å². The van der Waals surface area contributed by atoms with Gasteiger partial charge in [0.2, 0.25) is 0 Å². The summed E-state index contributed by atoms with van der Waals surface area (Å²) >= 11 is 0. The van der Waals surface area contributed by atoms with Gasteiger partial charge in [0.05, 0.1) is 12.8 Å². The number of nitrogens with zero attached hydrogens (tertiary/aromatic N) is 3. The summed E-state index contributed by atoms with van der Waals surface area (Å²) in [4.78, 5) is 8.30. The average Bonchev–Trinajstić information content (AvgIpc) is 2.42. The molecule has 5 heteroatoms. The topological polar surface area (TPSA) is 70.8 Å². The van der Waals surface area contributed by atoms with E-state index >= 15 is 0 Å². The van der Waals surface area contributed by atoms with Crippen LogP contribution in [0.1, 0.15) is 22.6 Å². The Balaban J connectivity index is 2.42. The number of benzene rings is 1. The fourth-order valence-corrected chi connectivity index (χ4v) is 1.88. The third-order valence-corrected chi connectivity index (χ3v) is 3.03. The Morgan fingerprint density at radius 2 is 1.80 bits per heavy atom. The van der Waals surface area contributed by atoms with Crippen LogP contribution < -0.4 is 10.1 Å². The maximum absolute atomic E-state index is 8.94. The molecule has 1 N–H and O–H groups in total. The first-order chi connectivity index (χ1) is 9.53. The third-order valence-electron chi connectivity index (χ3n) is 3.03. The number of nitrogens with one attached hydrogen (secondary N) is 1. The minimum Gasteiger partial charge on any atom is -0.495 e. The molecule has 0 amide bonds. The van der Waals surface area contributed by atoms with Gasteiger partial charge in [-0.3, -0.25) is 0 Å². The first kappa shape index (κ1) is 13.8. The second kappa shape index (κ2) is 5.57. The van der Waals surface area contributed by atoms with E-state index in [9.17, 15) is 0 Å². The molecule has 5 nitrogen and oxygen atoms in total. The van der Waals surface area contributed by atoms with E-state index in [0.717, 1.165) is 22.6 Å². The highest BCUT2D eigenvalue weighted by atomic mass is 16.5. The Hall–Kier alpha value is -2.61. The predicted octanol–water partition coefficient (Wildman–Crippen LogP) is 3.03. The lowest BCUT2D eigenvalue weighted by Gasteiger charge is -2.13. The van der Waals surface area contributed by atoms with Gasteiger partial charge in [-0.1, -0.05) is 0 Å². The molecule has 0 fully saturated rings. The normalized spacial score (nSPS) is 9.95. The molecular formula is C15H16N4O. The zero-order valence-corrected chi connectivity index (χ0v) is 12.0. The van der Waals surface area contributed by atoms with Gasteiger partial charge in [0.15, 0.2) is 0 Å². The number of aromatic nitrogens is 2. The molecule has 0 radical (unpaired) electrons. The molecule has 1 heterocycles. The molecular weight excluding hydrogens is 252 g/mol. The van der Waals surface area contributed by atoms with Crippen LogP contribution in [-0.4, -0.2) is 17.1 Å². The Morgan fingerprint density at radius 3 is 2.45 bits per heavy atom. The molecule has 20 heavy (non-hydrogen) atoms. The second-order valence-corrected chi connectivity index (χ2v) is 4.56. The van der Waals surface area contributed by atoms with Crippen LogP contribution in [0.2, 0.25) is 0 Å². The van der Waals surface area contributed by atoms with Gasteiger partial charge in [-0.25, -0.2) is 9.97 Å². The minimum atomic E-state index is 0.336. The lowest BCUT2D eigenvalue weighted by Crippen LogP contribution is -2.01. The summed E-state index contributed by atoms with van der Waals surface area (Å²) in [6.45, 7) is 5.82. The lowest BCUT2D eigenvalue weighted by molar-refractivity contribution is 0.416. The van der Waals surface area contributed by atoms with Crippen molar-refractivity contribution in [3.05, 3.63) is 40.8 Å². The number of hydrogen-bond donors (Lipinski definition) is 1. The summed E-state index contributed by atoms with van der Waals surface area (Å²) in [5.74, 6) is 1.87. The number of rotatable bonds is 3. The van der Waals surface area contributed by atoms with Gasteiger partial charge in [0.25, 0.3) is 0 Å². The summed E-state index contributed by atoms with van der Waals surface area (Å²) in [5.41, 5.74) is 3.46. The smallest absolute Gasteiger partial charge is 0.146 e. The lowest BCUT2D eigenvalue weighted by atomic mass is 10.1. The molecule has 0 spiro atoms. The van der Waals surface area contributed by atoms with E-state index in [1.54, 1.807) is 20.1 Å². The monoisotopic (exact) mass is 268 g/mol. The molecule has 2 aromatic rings. The second-order valence-electron chi connectivity index (χ2n) is 4.56. The van der Waals surface area contributed by atoms with Crippen LogP contribution in [0.3, 0.4) is 0 Å². The number of nitriles is 1. The largest absolute Gasteiger partial charge is 0.495 e. The van der Waals surface area contributed by atoms with Crippen LogP contribution in [0, 0.1) is 32.1 Å².